The lowest BCUT2D eigenvalue weighted by molar-refractivity contribution is -0.152. The topological polar surface area (TPSA) is 212 Å². The van der Waals surface area contributed by atoms with E-state index >= 15 is 0 Å². The summed E-state index contributed by atoms with van der Waals surface area (Å²) in [5.41, 5.74) is 8.16. The molecule has 59 heavy (non-hydrogen) atoms. The summed E-state index contributed by atoms with van der Waals surface area (Å²) in [7, 11) is 0. The molecule has 0 saturated heterocycles. The first-order valence-electron chi connectivity index (χ1n) is 17.6. The third-order valence-electron chi connectivity index (χ3n) is 7.06. The molecule has 3 unspecified atom stereocenters. The van der Waals surface area contributed by atoms with Gasteiger partial charge in [-0.25, -0.2) is 0 Å². The number of Topliss-reactive ketones (excluding diaryl/α,β-unsaturated/α-hetero) is 2. The number of ketones is 4. The molecule has 0 heterocycles. The quantitative estimate of drug-likeness (QED) is 0.0472. The predicted molar refractivity (Wildman–Crippen MR) is 231 cm³/mol. The number of aliphatic carboxylic acids is 2. The van der Waals surface area contributed by atoms with E-state index in [9.17, 15) is 38.4 Å². The molecule has 4 N–H and O–H groups in total. The van der Waals surface area contributed by atoms with Crippen LogP contribution in [0, 0.1) is 11.8 Å². The highest BCUT2D eigenvalue weighted by Gasteiger charge is 2.23. The first-order chi connectivity index (χ1) is 27.4. The summed E-state index contributed by atoms with van der Waals surface area (Å²) in [5, 5.41) is 17.0. The zero-order valence-corrected chi connectivity index (χ0v) is 34.1. The van der Waals surface area contributed by atoms with Gasteiger partial charge in [0.05, 0.1) is 17.7 Å². The SMILES string of the molecule is C.C=CC(=O)CC(Cc1ccccc1)C(=O)O.C=CC(=O)CC(Cc1ccccc1)C(=O)OCC(C)=O.C=CC(=O)Cl.CC(=O)CCl.NC(Cc1ccccc1)C(=O)O. The largest absolute Gasteiger partial charge is 0.481 e. The Morgan fingerprint density at radius 2 is 0.966 bits per heavy atom. The number of carboxylic acids is 2. The lowest BCUT2D eigenvalue weighted by Crippen LogP contribution is -2.32. The van der Waals surface area contributed by atoms with Crippen molar-refractivity contribution >= 4 is 69.5 Å². The molecule has 0 fully saturated rings. The number of carbonyl (C=O) groups is 8. The molecule has 3 aromatic carbocycles. The Morgan fingerprint density at radius 3 is 1.25 bits per heavy atom. The van der Waals surface area contributed by atoms with Crippen molar-refractivity contribution in [1.82, 2.24) is 0 Å². The van der Waals surface area contributed by atoms with Crippen molar-refractivity contribution in [2.45, 2.75) is 59.4 Å². The Bertz CT molecular complexity index is 1770. The molecular formula is C45H55Cl2NO11. The lowest BCUT2D eigenvalue weighted by atomic mass is 9.94. The van der Waals surface area contributed by atoms with Gasteiger partial charge >= 0.3 is 17.9 Å². The fourth-order valence-corrected chi connectivity index (χ4v) is 4.18. The fourth-order valence-electron chi connectivity index (χ4n) is 4.18. The Balaban J connectivity index is -0.000000721. The number of benzene rings is 3. The van der Waals surface area contributed by atoms with Crippen molar-refractivity contribution in [1.29, 1.82) is 0 Å². The maximum Gasteiger partial charge on any atom is 0.320 e. The molecule has 3 aromatic rings. The van der Waals surface area contributed by atoms with E-state index in [0.29, 0.717) is 19.3 Å². The number of alkyl halides is 1. The van der Waals surface area contributed by atoms with Crippen LogP contribution >= 0.6 is 23.2 Å². The smallest absolute Gasteiger partial charge is 0.320 e. The molecule has 0 aromatic heterocycles. The molecule has 320 valence electrons. The van der Waals surface area contributed by atoms with Crippen LogP contribution in [0.3, 0.4) is 0 Å². The maximum atomic E-state index is 11.9. The molecule has 14 heteroatoms. The summed E-state index contributed by atoms with van der Waals surface area (Å²) in [5.74, 6) is -4.22. The molecule has 3 atom stereocenters. The second kappa shape index (κ2) is 35.4. The zero-order valence-electron chi connectivity index (χ0n) is 32.6. The molecule has 0 saturated carbocycles. The first kappa shape index (κ1) is 57.5. The molecule has 12 nitrogen and oxygen atoms in total. The average Bonchev–Trinajstić information content (AvgIpc) is 3.21. The number of carbonyl (C=O) groups excluding carboxylic acids is 6. The van der Waals surface area contributed by atoms with E-state index in [1.54, 1.807) is 0 Å². The Morgan fingerprint density at radius 1 is 0.627 bits per heavy atom. The molecule has 0 aliphatic heterocycles. The highest BCUT2D eigenvalue weighted by molar-refractivity contribution is 6.66. The average molecular weight is 857 g/mol. The van der Waals surface area contributed by atoms with Gasteiger partial charge in [0.15, 0.2) is 17.3 Å². The van der Waals surface area contributed by atoms with Gasteiger partial charge in [-0.3, -0.25) is 38.4 Å². The van der Waals surface area contributed by atoms with E-state index in [0.717, 1.165) is 22.8 Å². The van der Waals surface area contributed by atoms with Crippen molar-refractivity contribution in [2.24, 2.45) is 17.6 Å². The van der Waals surface area contributed by atoms with E-state index in [-0.39, 0.29) is 55.9 Å². The summed E-state index contributed by atoms with van der Waals surface area (Å²) in [6.45, 7) is 12.4. The van der Waals surface area contributed by atoms with Gasteiger partial charge in [-0.15, -0.1) is 11.6 Å². The van der Waals surface area contributed by atoms with E-state index in [1.807, 2.05) is 91.0 Å². The van der Waals surface area contributed by atoms with Crippen molar-refractivity contribution < 1.29 is 53.3 Å². The standard InChI is InChI=1S/C16H18O4.C13H14O3.C9H11NO2.C3H5ClO.C3H3ClO.CH4/c1-3-15(18)10-14(16(19)20-11-12(2)17)9-13-7-5-4-6-8-13;1-2-12(14)9-11(13(15)16)8-10-6-4-3-5-7-10;10-8(9(11)12)6-7-4-2-1-3-5-7;1-3(5)2-4;1-2-3(4)5;/h3-8,14H,1,9-11H2,2H3;2-7,11H,1,8-9H2,(H,15,16);1-5,8H,6,10H2,(H,11,12);2H2,1H3;2H,1H2;1H4. The van der Waals surface area contributed by atoms with Crippen LogP contribution in [-0.2, 0) is 62.4 Å². The number of carboxylic acid groups (broad SMARTS) is 2. The van der Waals surface area contributed by atoms with Gasteiger partial charge < -0.3 is 20.7 Å². The van der Waals surface area contributed by atoms with Crippen LogP contribution in [0.1, 0.15) is 50.8 Å². The number of allylic oxidation sites excluding steroid dienone is 3. The first-order valence-corrected chi connectivity index (χ1v) is 18.5. The maximum absolute atomic E-state index is 11.9. The number of nitrogens with two attached hydrogens (primary N) is 1. The Kier molecular flexibility index (Phi) is 34.5. The van der Waals surface area contributed by atoms with Crippen LogP contribution in [0.2, 0.25) is 0 Å². The van der Waals surface area contributed by atoms with Gasteiger partial charge in [-0.1, -0.05) is 118 Å². The van der Waals surface area contributed by atoms with Crippen molar-refractivity contribution in [3.63, 3.8) is 0 Å². The predicted octanol–water partition coefficient (Wildman–Crippen LogP) is 7.23. The van der Waals surface area contributed by atoms with Gasteiger partial charge in [-0.2, -0.15) is 0 Å². The van der Waals surface area contributed by atoms with Crippen molar-refractivity contribution in [2.75, 3.05) is 12.5 Å². The molecule has 0 radical (unpaired) electrons. The van der Waals surface area contributed by atoms with Crippen LogP contribution in [0.15, 0.2) is 129 Å². The van der Waals surface area contributed by atoms with Gasteiger partial charge in [0, 0.05) is 12.8 Å². The summed E-state index contributed by atoms with van der Waals surface area (Å²) in [4.78, 5) is 85.9. The van der Waals surface area contributed by atoms with Crippen molar-refractivity contribution in [3.8, 4) is 0 Å². The number of ether oxygens (including phenoxy) is 1. The third kappa shape index (κ3) is 32.9. The van der Waals surface area contributed by atoms with Crippen LogP contribution in [-0.4, -0.2) is 75.0 Å². The second-order valence-corrected chi connectivity index (χ2v) is 12.8. The van der Waals surface area contributed by atoms with E-state index < -0.39 is 41.0 Å². The zero-order chi connectivity index (χ0) is 44.5. The molecule has 3 rings (SSSR count). The molecule has 0 amide bonds. The lowest BCUT2D eigenvalue weighted by Gasteiger charge is -2.14. The minimum atomic E-state index is -0.959. The third-order valence-corrected chi connectivity index (χ3v) is 7.60. The number of hydrogen-bond donors (Lipinski definition) is 3. The summed E-state index contributed by atoms with van der Waals surface area (Å²) < 4.78 is 4.91. The van der Waals surface area contributed by atoms with Crippen LogP contribution in [0.25, 0.3) is 0 Å². The highest BCUT2D eigenvalue weighted by atomic mass is 35.5. The highest BCUT2D eigenvalue weighted by Crippen LogP contribution is 2.16. The summed E-state index contributed by atoms with van der Waals surface area (Å²) in [6.07, 6.45) is 4.60. The second-order valence-electron chi connectivity index (χ2n) is 12.1. The van der Waals surface area contributed by atoms with Gasteiger partial charge in [0.25, 0.3) is 0 Å². The normalized spacial score (nSPS) is 10.8. The molecule has 0 aliphatic carbocycles. The van der Waals surface area contributed by atoms with Crippen molar-refractivity contribution in [3.05, 3.63) is 146 Å². The number of rotatable bonds is 19. The minimum absolute atomic E-state index is 0. The molecule has 0 spiro atoms. The van der Waals surface area contributed by atoms with E-state index in [2.05, 4.69) is 19.7 Å². The Hall–Kier alpha value is -5.82. The number of halogens is 2. The van der Waals surface area contributed by atoms with Gasteiger partial charge in [0.2, 0.25) is 5.24 Å². The van der Waals surface area contributed by atoms with Crippen LogP contribution in [0.5, 0.6) is 0 Å². The Labute approximate surface area is 356 Å². The fraction of sp³-hybridized carbons (Fsp3) is 0.289. The number of hydrogen-bond acceptors (Lipinski definition) is 10. The molecule has 0 aliphatic rings. The van der Waals surface area contributed by atoms with E-state index in [4.69, 9.17) is 43.9 Å². The monoisotopic (exact) mass is 855 g/mol. The van der Waals surface area contributed by atoms with Crippen LogP contribution < -0.4 is 5.73 Å². The van der Waals surface area contributed by atoms with Gasteiger partial charge in [0.1, 0.15) is 18.4 Å². The summed E-state index contributed by atoms with van der Waals surface area (Å²) in [6, 6.07) is 27.2. The number of esters is 1. The minimum Gasteiger partial charge on any atom is -0.481 e. The van der Waals surface area contributed by atoms with Gasteiger partial charge in [-0.05, 0) is 79.6 Å². The molecular weight excluding hydrogens is 801 g/mol. The summed E-state index contributed by atoms with van der Waals surface area (Å²) >= 11 is 9.69. The molecule has 0 bridgehead atoms. The van der Waals surface area contributed by atoms with Crippen LogP contribution in [0.4, 0.5) is 0 Å². The van der Waals surface area contributed by atoms with E-state index in [1.165, 1.54) is 26.0 Å².